The van der Waals surface area contributed by atoms with Crippen LogP contribution in [0.3, 0.4) is 0 Å². The molecule has 1 aromatic carbocycles. The van der Waals surface area contributed by atoms with Crippen molar-refractivity contribution in [2.24, 2.45) is 22.7 Å². The molecule has 0 saturated carbocycles. The fourth-order valence-electron chi connectivity index (χ4n) is 4.15. The second kappa shape index (κ2) is 8.03. The van der Waals surface area contributed by atoms with Crippen LogP contribution in [0.4, 0.5) is 0 Å². The van der Waals surface area contributed by atoms with E-state index < -0.39 is 0 Å². The fraction of sp³-hybridized carbons (Fsp3) is 0.714. The summed E-state index contributed by atoms with van der Waals surface area (Å²) in [6.07, 6.45) is 2.63. The molecule has 0 aliphatic carbocycles. The molecular formula is C21H35ClO. The molecule has 0 aromatic heterocycles. The van der Waals surface area contributed by atoms with Crippen LogP contribution in [0.5, 0.6) is 0 Å². The molecule has 1 rings (SSSR count). The highest BCUT2D eigenvalue weighted by atomic mass is 35.5. The minimum Gasteiger partial charge on any atom is -0.392 e. The number of aliphatic hydroxyl groups is 1. The maximum atomic E-state index is 11.2. The Balaban J connectivity index is 3.02. The maximum Gasteiger partial charge on any atom is 0.0627 e. The lowest BCUT2D eigenvalue weighted by atomic mass is 9.53. The Bertz CT molecular complexity index is 481. The molecule has 2 heteroatoms. The summed E-state index contributed by atoms with van der Waals surface area (Å²) in [7, 11) is 0. The first-order valence-corrected chi connectivity index (χ1v) is 9.42. The zero-order chi connectivity index (χ0) is 17.8. The lowest BCUT2D eigenvalue weighted by molar-refractivity contribution is -0.108. The lowest BCUT2D eigenvalue weighted by Gasteiger charge is -2.53. The van der Waals surface area contributed by atoms with Crippen LogP contribution in [0.25, 0.3) is 0 Å². The molecule has 0 amide bonds. The molecule has 132 valence electrons. The zero-order valence-electron chi connectivity index (χ0n) is 16.0. The van der Waals surface area contributed by atoms with Crippen molar-refractivity contribution in [2.45, 2.75) is 73.8 Å². The van der Waals surface area contributed by atoms with Gasteiger partial charge in [-0.2, -0.15) is 0 Å². The fourth-order valence-corrected chi connectivity index (χ4v) is 4.28. The number of benzene rings is 1. The summed E-state index contributed by atoms with van der Waals surface area (Å²) >= 11 is 5.97. The molecule has 0 radical (unpaired) electrons. The van der Waals surface area contributed by atoms with Gasteiger partial charge in [0.2, 0.25) is 0 Å². The normalized spacial score (nSPS) is 19.9. The van der Waals surface area contributed by atoms with Crippen LogP contribution in [-0.2, 0) is 6.42 Å². The molecule has 1 aromatic rings. The van der Waals surface area contributed by atoms with E-state index in [9.17, 15) is 5.11 Å². The summed E-state index contributed by atoms with van der Waals surface area (Å²) in [6, 6.07) is 7.99. The second-order valence-corrected chi connectivity index (χ2v) is 8.39. The summed E-state index contributed by atoms with van der Waals surface area (Å²) in [4.78, 5) is 0. The van der Waals surface area contributed by atoms with E-state index in [0.717, 1.165) is 24.3 Å². The van der Waals surface area contributed by atoms with Gasteiger partial charge < -0.3 is 5.11 Å². The SMILES string of the molecule is CCC(C)(C(C)C)C(C)(CC)C(O)C(C)Cc1ccc(Cl)cc1. The van der Waals surface area contributed by atoms with Crippen LogP contribution in [0.2, 0.25) is 5.02 Å². The third-order valence-corrected chi connectivity index (χ3v) is 6.96. The molecule has 1 nitrogen and oxygen atoms in total. The molecule has 0 aliphatic heterocycles. The third kappa shape index (κ3) is 4.12. The molecule has 0 spiro atoms. The predicted octanol–water partition coefficient (Wildman–Crippen LogP) is 6.37. The molecule has 0 bridgehead atoms. The van der Waals surface area contributed by atoms with Gasteiger partial charge in [0, 0.05) is 5.02 Å². The van der Waals surface area contributed by atoms with Crippen molar-refractivity contribution < 1.29 is 5.11 Å². The topological polar surface area (TPSA) is 20.2 Å². The average molecular weight is 339 g/mol. The Hall–Kier alpha value is -0.530. The smallest absolute Gasteiger partial charge is 0.0627 e. The molecule has 0 heterocycles. The van der Waals surface area contributed by atoms with Gasteiger partial charge in [-0.3, -0.25) is 0 Å². The van der Waals surface area contributed by atoms with Crippen molar-refractivity contribution >= 4 is 11.6 Å². The highest BCUT2D eigenvalue weighted by Gasteiger charge is 2.49. The largest absolute Gasteiger partial charge is 0.392 e. The monoisotopic (exact) mass is 338 g/mol. The number of aliphatic hydroxyl groups excluding tert-OH is 1. The van der Waals surface area contributed by atoms with Gasteiger partial charge in [-0.05, 0) is 59.6 Å². The molecule has 0 saturated heterocycles. The Labute approximate surface area is 148 Å². The van der Waals surface area contributed by atoms with Crippen LogP contribution in [0, 0.1) is 22.7 Å². The Morgan fingerprint density at radius 1 is 0.957 bits per heavy atom. The van der Waals surface area contributed by atoms with Gasteiger partial charge in [0.1, 0.15) is 0 Å². The van der Waals surface area contributed by atoms with Gasteiger partial charge in [0.05, 0.1) is 6.10 Å². The average Bonchev–Trinajstić information content (AvgIpc) is 2.54. The molecule has 1 N–H and O–H groups in total. The quantitative estimate of drug-likeness (QED) is 0.584. The zero-order valence-corrected chi connectivity index (χ0v) is 16.7. The van der Waals surface area contributed by atoms with Crippen LogP contribution < -0.4 is 0 Å². The van der Waals surface area contributed by atoms with Gasteiger partial charge in [0.15, 0.2) is 0 Å². The third-order valence-electron chi connectivity index (χ3n) is 6.71. The summed E-state index contributed by atoms with van der Waals surface area (Å²) in [5.41, 5.74) is 1.26. The van der Waals surface area contributed by atoms with Crippen LogP contribution in [-0.4, -0.2) is 11.2 Å². The molecule has 4 unspecified atom stereocenters. The second-order valence-electron chi connectivity index (χ2n) is 7.95. The highest BCUT2D eigenvalue weighted by molar-refractivity contribution is 6.30. The van der Waals surface area contributed by atoms with Crippen molar-refractivity contribution in [3.8, 4) is 0 Å². The minimum absolute atomic E-state index is 0.0955. The van der Waals surface area contributed by atoms with E-state index in [1.54, 1.807) is 0 Å². The van der Waals surface area contributed by atoms with E-state index in [4.69, 9.17) is 11.6 Å². The first-order valence-electron chi connectivity index (χ1n) is 9.04. The molecular weight excluding hydrogens is 304 g/mol. The first kappa shape index (κ1) is 20.5. The predicted molar refractivity (Wildman–Crippen MR) is 102 cm³/mol. The van der Waals surface area contributed by atoms with Crippen LogP contribution in [0.1, 0.15) is 66.9 Å². The molecule has 23 heavy (non-hydrogen) atoms. The van der Waals surface area contributed by atoms with Crippen molar-refractivity contribution in [2.75, 3.05) is 0 Å². The number of rotatable bonds is 8. The van der Waals surface area contributed by atoms with E-state index >= 15 is 0 Å². The van der Waals surface area contributed by atoms with Crippen LogP contribution in [0.15, 0.2) is 24.3 Å². The van der Waals surface area contributed by atoms with Gasteiger partial charge in [-0.1, -0.05) is 72.2 Å². The summed E-state index contributed by atoms with van der Waals surface area (Å²) in [5, 5.41) is 12.0. The maximum absolute atomic E-state index is 11.2. The van der Waals surface area contributed by atoms with Gasteiger partial charge in [0.25, 0.3) is 0 Å². The summed E-state index contributed by atoms with van der Waals surface area (Å²) in [6.45, 7) is 15.8. The Morgan fingerprint density at radius 2 is 1.43 bits per heavy atom. The van der Waals surface area contributed by atoms with Gasteiger partial charge in [-0.15, -0.1) is 0 Å². The molecule has 0 aliphatic rings. The standard InChI is InChI=1S/C21H35ClO/c1-8-20(6,15(3)4)21(7,9-2)19(23)16(5)14-17-10-12-18(22)13-11-17/h10-13,15-16,19,23H,8-9,14H2,1-7H3. The highest BCUT2D eigenvalue weighted by Crippen LogP contribution is 2.53. The van der Waals surface area contributed by atoms with Crippen molar-refractivity contribution in [3.63, 3.8) is 0 Å². The minimum atomic E-state index is -0.324. The molecule has 4 atom stereocenters. The van der Waals surface area contributed by atoms with Crippen LogP contribution >= 0.6 is 11.6 Å². The van der Waals surface area contributed by atoms with E-state index in [-0.39, 0.29) is 22.9 Å². The van der Waals surface area contributed by atoms with Crippen molar-refractivity contribution in [1.29, 1.82) is 0 Å². The van der Waals surface area contributed by atoms with E-state index in [1.807, 2.05) is 12.1 Å². The summed E-state index contributed by atoms with van der Waals surface area (Å²) in [5.74, 6) is 0.751. The van der Waals surface area contributed by atoms with E-state index in [2.05, 4.69) is 60.6 Å². The van der Waals surface area contributed by atoms with Gasteiger partial charge in [-0.25, -0.2) is 0 Å². The number of hydrogen-bond acceptors (Lipinski definition) is 1. The van der Waals surface area contributed by atoms with Crippen molar-refractivity contribution in [1.82, 2.24) is 0 Å². The number of halogens is 1. The molecule has 0 fully saturated rings. The Kier molecular flexibility index (Phi) is 7.16. The van der Waals surface area contributed by atoms with E-state index in [0.29, 0.717) is 5.92 Å². The van der Waals surface area contributed by atoms with Crippen molar-refractivity contribution in [3.05, 3.63) is 34.9 Å². The van der Waals surface area contributed by atoms with E-state index in [1.165, 1.54) is 5.56 Å². The summed E-state index contributed by atoms with van der Waals surface area (Å²) < 4.78 is 0. The number of hydrogen-bond donors (Lipinski definition) is 1. The first-order chi connectivity index (χ1) is 10.6. The van der Waals surface area contributed by atoms with Gasteiger partial charge >= 0.3 is 0 Å². The Morgan fingerprint density at radius 3 is 1.83 bits per heavy atom. The lowest BCUT2D eigenvalue weighted by Crippen LogP contribution is -2.51.